The Labute approximate surface area is 272 Å². The number of hydrogen-bond acceptors (Lipinski definition) is 9. The van der Waals surface area contributed by atoms with E-state index in [2.05, 4.69) is 15.5 Å². The summed E-state index contributed by atoms with van der Waals surface area (Å²) in [6.07, 6.45) is 2.16. The molecular weight excluding hydrogens is 603 g/mol. The molecule has 3 fully saturated rings. The SMILES string of the molecule is O=COCc1ccc2nc(CN3CC[C@@H]4c5nc(OCc6ccc(C7COC7)cc6F)ccc5COC[C@@H]4C3)n(C[C@@H]3CCO3)c2c1. The summed E-state index contributed by atoms with van der Waals surface area (Å²) in [5.74, 6) is 2.05. The lowest BCUT2D eigenvalue weighted by Crippen LogP contribution is -2.41. The first-order valence-corrected chi connectivity index (χ1v) is 16.5. The molecule has 0 spiro atoms. The second-order valence-corrected chi connectivity index (χ2v) is 13.1. The molecule has 0 bridgehead atoms. The normalized spacial score (nSPS) is 22.9. The number of nitrogens with zero attached hydrogens (tertiary/aromatic N) is 4. The highest BCUT2D eigenvalue weighted by atomic mass is 19.1. The quantitative estimate of drug-likeness (QED) is 0.213. The van der Waals surface area contributed by atoms with Crippen molar-refractivity contribution in [2.24, 2.45) is 5.92 Å². The third-order valence-corrected chi connectivity index (χ3v) is 10.1. The minimum atomic E-state index is -0.258. The van der Waals surface area contributed by atoms with E-state index in [0.717, 1.165) is 78.3 Å². The molecule has 2 aromatic heterocycles. The van der Waals surface area contributed by atoms with E-state index in [1.54, 1.807) is 12.1 Å². The first-order chi connectivity index (χ1) is 23.1. The van der Waals surface area contributed by atoms with Gasteiger partial charge in [0.15, 0.2) is 0 Å². The van der Waals surface area contributed by atoms with Crippen LogP contribution in [-0.4, -0.2) is 71.5 Å². The smallest absolute Gasteiger partial charge is 0.293 e. The minimum Gasteiger partial charge on any atom is -0.473 e. The van der Waals surface area contributed by atoms with Crippen molar-refractivity contribution >= 4 is 17.5 Å². The molecule has 2 aromatic carbocycles. The van der Waals surface area contributed by atoms with Crippen molar-refractivity contribution in [3.63, 3.8) is 0 Å². The Morgan fingerprint density at radius 1 is 1.00 bits per heavy atom. The van der Waals surface area contributed by atoms with E-state index >= 15 is 0 Å². The van der Waals surface area contributed by atoms with Crippen LogP contribution in [0, 0.1) is 11.7 Å². The summed E-state index contributed by atoms with van der Waals surface area (Å²) < 4.78 is 45.4. The van der Waals surface area contributed by atoms with E-state index in [0.29, 0.717) is 50.9 Å². The molecule has 10 nitrogen and oxygen atoms in total. The fraction of sp³-hybridized carbons (Fsp3) is 0.472. The number of rotatable bonds is 11. The molecule has 4 aliphatic heterocycles. The number of halogens is 1. The number of likely N-dealkylation sites (tertiary alicyclic amines) is 1. The lowest BCUT2D eigenvalue weighted by Gasteiger charge is -2.37. The van der Waals surface area contributed by atoms with Crippen LogP contribution in [-0.2, 0) is 56.7 Å². The molecule has 11 heteroatoms. The molecule has 3 saturated heterocycles. The molecule has 8 rings (SSSR count). The van der Waals surface area contributed by atoms with Gasteiger partial charge < -0.3 is 28.3 Å². The lowest BCUT2D eigenvalue weighted by atomic mass is 9.82. The van der Waals surface area contributed by atoms with Gasteiger partial charge >= 0.3 is 0 Å². The average molecular weight is 643 g/mol. The zero-order valence-electron chi connectivity index (χ0n) is 26.3. The Bertz CT molecular complexity index is 1760. The number of benzene rings is 2. The highest BCUT2D eigenvalue weighted by Gasteiger charge is 2.36. The van der Waals surface area contributed by atoms with Gasteiger partial charge in [0.2, 0.25) is 5.88 Å². The Morgan fingerprint density at radius 2 is 1.91 bits per heavy atom. The van der Waals surface area contributed by atoms with Crippen LogP contribution in [0.3, 0.4) is 0 Å². The van der Waals surface area contributed by atoms with Crippen LogP contribution in [0.15, 0.2) is 48.5 Å². The zero-order valence-corrected chi connectivity index (χ0v) is 26.3. The molecule has 0 N–H and O–H groups in total. The van der Waals surface area contributed by atoms with Crippen LogP contribution in [0.25, 0.3) is 11.0 Å². The number of pyridine rings is 1. The number of carbonyl (C=O) groups excluding carboxylic acids is 1. The number of aromatic nitrogens is 3. The van der Waals surface area contributed by atoms with Gasteiger partial charge in [-0.3, -0.25) is 9.69 Å². The van der Waals surface area contributed by atoms with E-state index in [9.17, 15) is 9.18 Å². The number of carbonyl (C=O) groups is 1. The van der Waals surface area contributed by atoms with Gasteiger partial charge in [0.25, 0.3) is 6.47 Å². The Balaban J connectivity index is 0.965. The van der Waals surface area contributed by atoms with Gasteiger partial charge in [-0.25, -0.2) is 14.4 Å². The molecule has 3 atom stereocenters. The Kier molecular flexibility index (Phi) is 8.62. The van der Waals surface area contributed by atoms with Crippen molar-refractivity contribution in [2.75, 3.05) is 39.5 Å². The number of hydrogen-bond donors (Lipinski definition) is 0. The lowest BCUT2D eigenvalue weighted by molar-refractivity contribution is -0.129. The monoisotopic (exact) mass is 642 g/mol. The number of ether oxygens (including phenoxy) is 5. The summed E-state index contributed by atoms with van der Waals surface area (Å²) in [7, 11) is 0. The van der Waals surface area contributed by atoms with Crippen molar-refractivity contribution in [3.05, 3.63) is 88.1 Å². The molecule has 4 aromatic rings. The molecule has 246 valence electrons. The number of piperidine rings is 1. The number of imidazole rings is 1. The van der Waals surface area contributed by atoms with Gasteiger partial charge in [0, 0.05) is 42.5 Å². The van der Waals surface area contributed by atoms with Gasteiger partial charge in [0.1, 0.15) is 24.9 Å². The van der Waals surface area contributed by atoms with Crippen LogP contribution < -0.4 is 4.74 Å². The van der Waals surface area contributed by atoms with Crippen LogP contribution >= 0.6 is 0 Å². The van der Waals surface area contributed by atoms with Crippen molar-refractivity contribution < 1.29 is 32.9 Å². The van der Waals surface area contributed by atoms with Crippen molar-refractivity contribution in [1.82, 2.24) is 19.4 Å². The maximum atomic E-state index is 14.9. The van der Waals surface area contributed by atoms with Crippen LogP contribution in [0.1, 0.15) is 58.4 Å². The molecule has 6 heterocycles. The van der Waals surface area contributed by atoms with Crippen LogP contribution in [0.2, 0.25) is 0 Å². The minimum absolute atomic E-state index is 0.121. The van der Waals surface area contributed by atoms with Gasteiger partial charge in [0.05, 0.1) is 62.3 Å². The second kappa shape index (κ2) is 13.3. The van der Waals surface area contributed by atoms with Gasteiger partial charge in [-0.15, -0.1) is 0 Å². The topological polar surface area (TPSA) is 97.2 Å². The second-order valence-electron chi connectivity index (χ2n) is 13.1. The predicted octanol–water partition coefficient (Wildman–Crippen LogP) is 4.86. The fourth-order valence-electron chi connectivity index (χ4n) is 7.22. The number of fused-ring (bicyclic) bond motifs is 4. The van der Waals surface area contributed by atoms with Gasteiger partial charge in [-0.1, -0.05) is 18.2 Å². The van der Waals surface area contributed by atoms with Crippen molar-refractivity contribution in [3.8, 4) is 5.88 Å². The maximum Gasteiger partial charge on any atom is 0.293 e. The van der Waals surface area contributed by atoms with E-state index in [1.807, 2.05) is 30.3 Å². The molecule has 0 aliphatic carbocycles. The molecule has 0 saturated carbocycles. The van der Waals surface area contributed by atoms with E-state index < -0.39 is 0 Å². The molecule has 0 amide bonds. The first kappa shape index (κ1) is 30.4. The van der Waals surface area contributed by atoms with Crippen molar-refractivity contribution in [2.45, 2.75) is 63.7 Å². The average Bonchev–Trinajstić information content (AvgIpc) is 3.25. The largest absolute Gasteiger partial charge is 0.473 e. The Morgan fingerprint density at radius 3 is 2.70 bits per heavy atom. The maximum absolute atomic E-state index is 14.9. The van der Waals surface area contributed by atoms with E-state index in [-0.39, 0.29) is 42.9 Å². The first-order valence-electron chi connectivity index (χ1n) is 16.5. The highest BCUT2D eigenvalue weighted by molar-refractivity contribution is 5.77. The molecule has 0 unspecified atom stereocenters. The summed E-state index contributed by atoms with van der Waals surface area (Å²) in [4.78, 5) is 23.3. The highest BCUT2D eigenvalue weighted by Crippen LogP contribution is 2.38. The van der Waals surface area contributed by atoms with E-state index in [1.165, 1.54) is 0 Å². The van der Waals surface area contributed by atoms with Gasteiger partial charge in [-0.05, 0) is 60.3 Å². The summed E-state index contributed by atoms with van der Waals surface area (Å²) in [6.45, 7) is 7.33. The summed E-state index contributed by atoms with van der Waals surface area (Å²) >= 11 is 0. The summed E-state index contributed by atoms with van der Waals surface area (Å²) in [6, 6.07) is 15.3. The van der Waals surface area contributed by atoms with E-state index in [4.69, 9.17) is 33.7 Å². The summed E-state index contributed by atoms with van der Waals surface area (Å²) in [5, 5.41) is 0. The third-order valence-electron chi connectivity index (χ3n) is 10.1. The van der Waals surface area contributed by atoms with Crippen molar-refractivity contribution in [1.29, 1.82) is 0 Å². The van der Waals surface area contributed by atoms with Gasteiger partial charge in [-0.2, -0.15) is 0 Å². The third kappa shape index (κ3) is 6.37. The Hall–Kier alpha value is -3.90. The molecule has 0 radical (unpaired) electrons. The van der Waals surface area contributed by atoms with Crippen LogP contribution in [0.4, 0.5) is 4.39 Å². The molecule has 47 heavy (non-hydrogen) atoms. The zero-order chi connectivity index (χ0) is 31.7. The molecule has 4 aliphatic rings. The predicted molar refractivity (Wildman–Crippen MR) is 169 cm³/mol. The standard InChI is InChI=1S/C36H39FN4O6/c37-31-12-24(28-19-44-20-28)2-3-25(31)21-47-35-6-4-26-17-43-18-27-13-40(9-7-30(27)36(26)39-35)15-34-38-32-5-1-23(16-45-22-42)11-33(32)41(34)14-29-8-10-46-29/h1-6,11-12,22,27-30H,7-10,13-21H2/t27-,29-,30-/m0/s1. The molecular formula is C36H39FN4O6. The fourth-order valence-corrected chi connectivity index (χ4v) is 7.22. The van der Waals surface area contributed by atoms with Crippen LogP contribution in [0.5, 0.6) is 5.88 Å². The summed E-state index contributed by atoms with van der Waals surface area (Å²) in [5.41, 5.74) is 6.50.